The molecule has 0 saturated carbocycles. The Kier molecular flexibility index (Phi) is 4.92. The van der Waals surface area contributed by atoms with Crippen molar-refractivity contribution in [3.63, 3.8) is 0 Å². The number of rotatable bonds is 5. The van der Waals surface area contributed by atoms with Crippen molar-refractivity contribution < 1.29 is 0 Å². The summed E-state index contributed by atoms with van der Waals surface area (Å²) in [6, 6.07) is 34.8. The van der Waals surface area contributed by atoms with Gasteiger partial charge in [0.05, 0.1) is 0 Å². The second kappa shape index (κ2) is 7.52. The van der Waals surface area contributed by atoms with Gasteiger partial charge in [0.25, 0.3) is 0 Å². The van der Waals surface area contributed by atoms with E-state index in [0.29, 0.717) is 0 Å². The van der Waals surface area contributed by atoms with E-state index in [2.05, 4.69) is 123 Å². The summed E-state index contributed by atoms with van der Waals surface area (Å²) in [6.07, 6.45) is 1.05. The second-order valence-electron chi connectivity index (χ2n) is 7.91. The van der Waals surface area contributed by atoms with Gasteiger partial charge in [-0.2, -0.15) is 0 Å². The van der Waals surface area contributed by atoms with Crippen molar-refractivity contribution in [2.45, 2.75) is 32.7 Å². The molecular weight excluding hydrogens is 338 g/mol. The Morgan fingerprint density at radius 1 is 0.643 bits per heavy atom. The number of benzene rings is 4. The lowest BCUT2D eigenvalue weighted by Gasteiger charge is -2.40. The summed E-state index contributed by atoms with van der Waals surface area (Å²) in [5, 5.41) is 2.57. The van der Waals surface area contributed by atoms with E-state index in [-0.39, 0.29) is 5.54 Å². The first kappa shape index (κ1) is 18.3. The Hall–Kier alpha value is -3.06. The molecule has 4 aromatic rings. The fourth-order valence-corrected chi connectivity index (χ4v) is 3.81. The van der Waals surface area contributed by atoms with Crippen LogP contribution in [-0.4, -0.2) is 5.54 Å². The van der Waals surface area contributed by atoms with Crippen LogP contribution in [0.25, 0.3) is 21.9 Å². The molecule has 0 fully saturated rings. The molecule has 0 amide bonds. The van der Waals surface area contributed by atoms with Crippen LogP contribution < -0.4 is 4.90 Å². The normalized spacial score (nSPS) is 11.5. The van der Waals surface area contributed by atoms with E-state index >= 15 is 0 Å². The van der Waals surface area contributed by atoms with Gasteiger partial charge in [0.1, 0.15) is 0 Å². The molecule has 0 aliphatic heterocycles. The summed E-state index contributed by atoms with van der Waals surface area (Å²) < 4.78 is 0. The molecule has 4 rings (SSSR count). The van der Waals surface area contributed by atoms with E-state index in [9.17, 15) is 0 Å². The fraction of sp³-hybridized carbons (Fsp3) is 0.185. The van der Waals surface area contributed by atoms with Crippen LogP contribution in [0.2, 0.25) is 0 Å². The largest absolute Gasteiger partial charge is 0.335 e. The Morgan fingerprint density at radius 3 is 1.96 bits per heavy atom. The molecule has 0 unspecified atom stereocenters. The number of hydrogen-bond acceptors (Lipinski definition) is 1. The van der Waals surface area contributed by atoms with Crippen molar-refractivity contribution in [1.29, 1.82) is 0 Å². The van der Waals surface area contributed by atoms with Crippen molar-refractivity contribution in [2.75, 3.05) is 4.90 Å². The quantitative estimate of drug-likeness (QED) is 0.348. The summed E-state index contributed by atoms with van der Waals surface area (Å²) in [7, 11) is 0. The van der Waals surface area contributed by atoms with Gasteiger partial charge in [-0.1, -0.05) is 85.8 Å². The van der Waals surface area contributed by atoms with E-state index in [4.69, 9.17) is 0 Å². The highest BCUT2D eigenvalue weighted by atomic mass is 15.2. The van der Waals surface area contributed by atoms with Gasteiger partial charge in [0.2, 0.25) is 0 Å². The molecule has 140 valence electrons. The van der Waals surface area contributed by atoms with Crippen LogP contribution in [0.4, 0.5) is 11.4 Å². The van der Waals surface area contributed by atoms with Crippen LogP contribution in [0, 0.1) is 0 Å². The summed E-state index contributed by atoms with van der Waals surface area (Å²) in [6.45, 7) is 6.90. The maximum Gasteiger partial charge on any atom is 0.0495 e. The third kappa shape index (κ3) is 3.41. The lowest BCUT2D eigenvalue weighted by molar-refractivity contribution is 0.489. The highest BCUT2D eigenvalue weighted by Gasteiger charge is 2.27. The average molecular weight is 366 g/mol. The smallest absolute Gasteiger partial charge is 0.0495 e. The number of anilines is 2. The maximum absolute atomic E-state index is 2.49. The molecule has 0 aliphatic rings. The predicted octanol–water partition coefficient (Wildman–Crippen LogP) is 7.83. The molecule has 0 bridgehead atoms. The van der Waals surface area contributed by atoms with Gasteiger partial charge in [-0.15, -0.1) is 0 Å². The third-order valence-corrected chi connectivity index (χ3v) is 5.71. The van der Waals surface area contributed by atoms with Gasteiger partial charge in [0.15, 0.2) is 0 Å². The minimum absolute atomic E-state index is 0.00160. The molecule has 0 atom stereocenters. The first-order chi connectivity index (χ1) is 13.6. The molecular formula is C27H27N. The highest BCUT2D eigenvalue weighted by molar-refractivity contribution is 5.96. The molecule has 0 spiro atoms. The van der Waals surface area contributed by atoms with Crippen LogP contribution in [0.15, 0.2) is 97.1 Å². The highest BCUT2D eigenvalue weighted by Crippen LogP contribution is 2.39. The fourth-order valence-electron chi connectivity index (χ4n) is 3.81. The van der Waals surface area contributed by atoms with Gasteiger partial charge >= 0.3 is 0 Å². The van der Waals surface area contributed by atoms with Crippen LogP contribution in [0.5, 0.6) is 0 Å². The van der Waals surface area contributed by atoms with E-state index in [1.165, 1.54) is 33.3 Å². The number of hydrogen-bond donors (Lipinski definition) is 0. The zero-order chi connectivity index (χ0) is 19.6. The molecule has 28 heavy (non-hydrogen) atoms. The Labute approximate surface area is 168 Å². The monoisotopic (exact) mass is 365 g/mol. The van der Waals surface area contributed by atoms with Crippen LogP contribution >= 0.6 is 0 Å². The maximum atomic E-state index is 2.49. The van der Waals surface area contributed by atoms with Gasteiger partial charge in [0, 0.05) is 22.3 Å². The Morgan fingerprint density at radius 2 is 1.25 bits per heavy atom. The number of nitrogens with zero attached hydrogens (tertiary/aromatic N) is 1. The van der Waals surface area contributed by atoms with E-state index in [1.54, 1.807) is 0 Å². The Balaban J connectivity index is 1.84. The molecule has 0 radical (unpaired) electrons. The summed E-state index contributed by atoms with van der Waals surface area (Å²) >= 11 is 0. The van der Waals surface area contributed by atoms with Gasteiger partial charge in [-0.05, 0) is 55.0 Å². The molecule has 0 N–H and O–H groups in total. The SMILES string of the molecule is CCC(C)(C)N(c1ccc(-c2ccccc2)cc1)c1cccc2ccccc12. The molecule has 0 saturated heterocycles. The first-order valence-corrected chi connectivity index (χ1v) is 10.0. The van der Waals surface area contributed by atoms with Crippen LogP contribution in [0.3, 0.4) is 0 Å². The zero-order valence-electron chi connectivity index (χ0n) is 16.9. The molecule has 0 heterocycles. The zero-order valence-corrected chi connectivity index (χ0v) is 16.9. The van der Waals surface area contributed by atoms with Crippen LogP contribution in [0.1, 0.15) is 27.2 Å². The molecule has 1 nitrogen and oxygen atoms in total. The molecule has 0 aromatic heterocycles. The predicted molar refractivity (Wildman–Crippen MR) is 122 cm³/mol. The van der Waals surface area contributed by atoms with E-state index in [1.807, 2.05) is 0 Å². The van der Waals surface area contributed by atoms with Crippen molar-refractivity contribution in [2.24, 2.45) is 0 Å². The average Bonchev–Trinajstić information content (AvgIpc) is 2.75. The van der Waals surface area contributed by atoms with Crippen molar-refractivity contribution in [3.05, 3.63) is 97.1 Å². The van der Waals surface area contributed by atoms with Crippen LogP contribution in [-0.2, 0) is 0 Å². The summed E-state index contributed by atoms with van der Waals surface area (Å²) in [5.74, 6) is 0. The summed E-state index contributed by atoms with van der Waals surface area (Å²) in [4.78, 5) is 2.49. The summed E-state index contributed by atoms with van der Waals surface area (Å²) in [5.41, 5.74) is 4.98. The van der Waals surface area contributed by atoms with Gasteiger partial charge < -0.3 is 4.90 Å². The molecule has 1 heteroatoms. The van der Waals surface area contributed by atoms with Crippen molar-refractivity contribution in [1.82, 2.24) is 0 Å². The third-order valence-electron chi connectivity index (χ3n) is 5.71. The van der Waals surface area contributed by atoms with E-state index < -0.39 is 0 Å². The second-order valence-corrected chi connectivity index (χ2v) is 7.91. The van der Waals surface area contributed by atoms with Crippen molar-refractivity contribution in [3.8, 4) is 11.1 Å². The lowest BCUT2D eigenvalue weighted by Crippen LogP contribution is -2.40. The standard InChI is InChI=1S/C27H27N/c1-4-27(2,3)28(26-16-10-14-23-13-8-9-15-25(23)26)24-19-17-22(18-20-24)21-11-6-5-7-12-21/h5-20H,4H2,1-3H3. The molecule has 0 aliphatic carbocycles. The molecule has 4 aromatic carbocycles. The number of fused-ring (bicyclic) bond motifs is 1. The van der Waals surface area contributed by atoms with E-state index in [0.717, 1.165) is 6.42 Å². The van der Waals surface area contributed by atoms with Gasteiger partial charge in [-0.25, -0.2) is 0 Å². The Bertz CT molecular complexity index is 1060. The minimum Gasteiger partial charge on any atom is -0.335 e. The van der Waals surface area contributed by atoms with Crippen molar-refractivity contribution >= 4 is 22.1 Å². The van der Waals surface area contributed by atoms with Gasteiger partial charge in [-0.3, -0.25) is 0 Å². The first-order valence-electron chi connectivity index (χ1n) is 10.0. The minimum atomic E-state index is -0.00160. The topological polar surface area (TPSA) is 3.24 Å². The lowest BCUT2D eigenvalue weighted by atomic mass is 9.95.